The van der Waals surface area contributed by atoms with E-state index in [0.29, 0.717) is 16.9 Å². The SMILES string of the molecule is CNC(=O)c1ccc(/C=C/C(=O)N[C@H](C#N)c2ccccc2OC)cc1. The first kappa shape index (κ1) is 18.7. The standard InChI is InChI=1S/C20H19N3O3/c1-22-20(25)15-10-7-14(8-11-15)9-12-19(24)23-17(13-21)16-5-3-4-6-18(16)26-2/h3-12,17H,1-2H3,(H,22,25)(H,23,24)/b12-9+/t17-/m1/s1. The summed E-state index contributed by atoms with van der Waals surface area (Å²) in [5.74, 6) is -0.0436. The minimum Gasteiger partial charge on any atom is -0.496 e. The molecule has 0 fully saturated rings. The number of nitrogens with one attached hydrogen (secondary N) is 2. The predicted octanol–water partition coefficient (Wildman–Crippen LogP) is 2.45. The van der Waals surface area contributed by atoms with Crippen molar-refractivity contribution in [1.29, 1.82) is 5.26 Å². The molecular formula is C20H19N3O3. The van der Waals surface area contributed by atoms with Crippen molar-refractivity contribution < 1.29 is 14.3 Å². The number of rotatable bonds is 6. The van der Waals surface area contributed by atoms with Gasteiger partial charge in [0.15, 0.2) is 0 Å². The van der Waals surface area contributed by atoms with E-state index in [2.05, 4.69) is 16.7 Å². The number of nitriles is 1. The smallest absolute Gasteiger partial charge is 0.251 e. The third-order valence-corrected chi connectivity index (χ3v) is 3.69. The van der Waals surface area contributed by atoms with Crippen LogP contribution in [0.3, 0.4) is 0 Å². The monoisotopic (exact) mass is 349 g/mol. The zero-order chi connectivity index (χ0) is 18.9. The van der Waals surface area contributed by atoms with Gasteiger partial charge in [0, 0.05) is 24.3 Å². The molecule has 132 valence electrons. The van der Waals surface area contributed by atoms with Crippen LogP contribution in [0.1, 0.15) is 27.5 Å². The van der Waals surface area contributed by atoms with E-state index in [4.69, 9.17) is 4.74 Å². The summed E-state index contributed by atoms with van der Waals surface area (Å²) in [5, 5.41) is 14.5. The Balaban J connectivity index is 2.06. The van der Waals surface area contributed by atoms with Gasteiger partial charge in [-0.2, -0.15) is 5.26 Å². The Labute approximate surface area is 152 Å². The summed E-state index contributed by atoms with van der Waals surface area (Å²) >= 11 is 0. The highest BCUT2D eigenvalue weighted by Crippen LogP contribution is 2.24. The van der Waals surface area contributed by atoms with Crippen molar-refractivity contribution in [2.75, 3.05) is 14.2 Å². The molecule has 0 aliphatic carbocycles. The molecule has 0 saturated heterocycles. The molecule has 0 aromatic heterocycles. The molecule has 2 aromatic rings. The highest BCUT2D eigenvalue weighted by Gasteiger charge is 2.16. The number of para-hydroxylation sites is 1. The average Bonchev–Trinajstić information content (AvgIpc) is 2.70. The highest BCUT2D eigenvalue weighted by atomic mass is 16.5. The molecule has 2 N–H and O–H groups in total. The second-order valence-electron chi connectivity index (χ2n) is 5.35. The number of hydrogen-bond acceptors (Lipinski definition) is 4. The Morgan fingerprint density at radius 2 is 1.85 bits per heavy atom. The molecule has 0 bridgehead atoms. The quantitative estimate of drug-likeness (QED) is 0.784. The second kappa shape index (κ2) is 9.04. The van der Waals surface area contributed by atoms with Crippen LogP contribution in [0.4, 0.5) is 0 Å². The van der Waals surface area contributed by atoms with Crippen LogP contribution < -0.4 is 15.4 Å². The zero-order valence-electron chi connectivity index (χ0n) is 14.5. The summed E-state index contributed by atoms with van der Waals surface area (Å²) in [7, 11) is 3.07. The van der Waals surface area contributed by atoms with Crippen molar-refractivity contribution in [3.8, 4) is 11.8 Å². The van der Waals surface area contributed by atoms with Crippen LogP contribution in [0, 0.1) is 11.3 Å². The predicted molar refractivity (Wildman–Crippen MR) is 98.4 cm³/mol. The lowest BCUT2D eigenvalue weighted by molar-refractivity contribution is -0.116. The van der Waals surface area contributed by atoms with Crippen LogP contribution in [0.25, 0.3) is 6.08 Å². The first-order chi connectivity index (χ1) is 12.6. The van der Waals surface area contributed by atoms with Crippen LogP contribution >= 0.6 is 0 Å². The van der Waals surface area contributed by atoms with Crippen molar-refractivity contribution in [1.82, 2.24) is 10.6 Å². The topological polar surface area (TPSA) is 91.2 Å². The summed E-state index contributed by atoms with van der Waals surface area (Å²) in [6, 6.07) is 15.1. The van der Waals surface area contributed by atoms with Gasteiger partial charge in [0.1, 0.15) is 11.8 Å². The van der Waals surface area contributed by atoms with Crippen LogP contribution in [-0.4, -0.2) is 26.0 Å². The third-order valence-electron chi connectivity index (χ3n) is 3.69. The van der Waals surface area contributed by atoms with Gasteiger partial charge in [0.25, 0.3) is 5.91 Å². The van der Waals surface area contributed by atoms with Crippen LogP contribution in [-0.2, 0) is 4.79 Å². The van der Waals surface area contributed by atoms with Crippen molar-refractivity contribution >= 4 is 17.9 Å². The van der Waals surface area contributed by atoms with E-state index in [0.717, 1.165) is 5.56 Å². The first-order valence-electron chi connectivity index (χ1n) is 7.92. The van der Waals surface area contributed by atoms with E-state index in [1.54, 1.807) is 61.7 Å². The molecule has 6 nitrogen and oxygen atoms in total. The lowest BCUT2D eigenvalue weighted by Gasteiger charge is -2.14. The molecule has 2 aromatic carbocycles. The number of hydrogen-bond donors (Lipinski definition) is 2. The lowest BCUT2D eigenvalue weighted by atomic mass is 10.1. The maximum absolute atomic E-state index is 12.1. The second-order valence-corrected chi connectivity index (χ2v) is 5.35. The Kier molecular flexibility index (Phi) is 6.52. The summed E-state index contributed by atoms with van der Waals surface area (Å²) in [6.07, 6.45) is 2.95. The van der Waals surface area contributed by atoms with Crippen molar-refractivity contribution in [3.05, 3.63) is 71.3 Å². The van der Waals surface area contributed by atoms with Gasteiger partial charge in [-0.25, -0.2) is 0 Å². The summed E-state index contributed by atoms with van der Waals surface area (Å²) in [4.78, 5) is 23.6. The molecule has 2 rings (SSSR count). The molecule has 26 heavy (non-hydrogen) atoms. The fourth-order valence-electron chi connectivity index (χ4n) is 2.34. The molecule has 0 spiro atoms. The number of amides is 2. The summed E-state index contributed by atoms with van der Waals surface area (Å²) in [6.45, 7) is 0. The van der Waals surface area contributed by atoms with Crippen molar-refractivity contribution in [2.24, 2.45) is 0 Å². The van der Waals surface area contributed by atoms with Gasteiger partial charge < -0.3 is 15.4 Å². The zero-order valence-corrected chi connectivity index (χ0v) is 14.5. The molecule has 0 radical (unpaired) electrons. The summed E-state index contributed by atoms with van der Waals surface area (Å²) in [5.41, 5.74) is 1.89. The lowest BCUT2D eigenvalue weighted by Crippen LogP contribution is -2.26. The van der Waals surface area contributed by atoms with E-state index in [9.17, 15) is 14.9 Å². The normalized spacial score (nSPS) is 11.4. The Hall–Kier alpha value is -3.59. The fourth-order valence-corrected chi connectivity index (χ4v) is 2.34. The molecule has 2 amide bonds. The Morgan fingerprint density at radius 1 is 1.15 bits per heavy atom. The number of carbonyl (C=O) groups excluding carboxylic acids is 2. The molecule has 0 saturated carbocycles. The minimum atomic E-state index is -0.820. The molecule has 0 heterocycles. The average molecular weight is 349 g/mol. The number of nitrogens with zero attached hydrogens (tertiary/aromatic N) is 1. The fraction of sp³-hybridized carbons (Fsp3) is 0.150. The van der Waals surface area contributed by atoms with Gasteiger partial charge in [0.05, 0.1) is 13.2 Å². The molecule has 0 aliphatic heterocycles. The third kappa shape index (κ3) is 4.71. The van der Waals surface area contributed by atoms with Gasteiger partial charge in [0.2, 0.25) is 5.91 Å². The molecule has 0 unspecified atom stereocenters. The largest absolute Gasteiger partial charge is 0.496 e. The minimum absolute atomic E-state index is 0.174. The molecular weight excluding hydrogens is 330 g/mol. The van der Waals surface area contributed by atoms with Gasteiger partial charge in [-0.15, -0.1) is 0 Å². The molecule has 0 aliphatic rings. The summed E-state index contributed by atoms with van der Waals surface area (Å²) < 4.78 is 5.23. The van der Waals surface area contributed by atoms with Gasteiger partial charge in [-0.05, 0) is 29.8 Å². The number of methoxy groups -OCH3 is 1. The van der Waals surface area contributed by atoms with Gasteiger partial charge in [-0.3, -0.25) is 9.59 Å². The van der Waals surface area contributed by atoms with E-state index in [1.165, 1.54) is 13.2 Å². The van der Waals surface area contributed by atoms with Crippen LogP contribution in [0.2, 0.25) is 0 Å². The van der Waals surface area contributed by atoms with Gasteiger partial charge >= 0.3 is 0 Å². The van der Waals surface area contributed by atoms with Crippen LogP contribution in [0.15, 0.2) is 54.6 Å². The highest BCUT2D eigenvalue weighted by molar-refractivity contribution is 5.95. The Morgan fingerprint density at radius 3 is 2.46 bits per heavy atom. The van der Waals surface area contributed by atoms with E-state index < -0.39 is 11.9 Å². The maximum Gasteiger partial charge on any atom is 0.251 e. The molecule has 1 atom stereocenters. The van der Waals surface area contributed by atoms with Gasteiger partial charge in [-0.1, -0.05) is 30.3 Å². The van der Waals surface area contributed by atoms with E-state index >= 15 is 0 Å². The Bertz CT molecular complexity index is 851. The number of benzene rings is 2. The van der Waals surface area contributed by atoms with Crippen molar-refractivity contribution in [2.45, 2.75) is 6.04 Å². The number of carbonyl (C=O) groups is 2. The van der Waals surface area contributed by atoms with Crippen molar-refractivity contribution in [3.63, 3.8) is 0 Å². The van der Waals surface area contributed by atoms with Crippen LogP contribution in [0.5, 0.6) is 5.75 Å². The van der Waals surface area contributed by atoms with E-state index in [-0.39, 0.29) is 5.91 Å². The number of ether oxygens (including phenoxy) is 1. The first-order valence-corrected chi connectivity index (χ1v) is 7.92. The maximum atomic E-state index is 12.1. The molecule has 6 heteroatoms. The van der Waals surface area contributed by atoms with E-state index in [1.807, 2.05) is 0 Å².